The summed E-state index contributed by atoms with van der Waals surface area (Å²) < 4.78 is 6.58. The van der Waals surface area contributed by atoms with E-state index in [1.807, 2.05) is 12.1 Å². The molecule has 0 aliphatic rings. The van der Waals surface area contributed by atoms with Gasteiger partial charge in [-0.25, -0.2) is 4.79 Å². The Morgan fingerprint density at radius 2 is 2.17 bits per heavy atom. The monoisotopic (exact) mass is 249 g/mol. The molecular weight excluding hydrogens is 230 g/mol. The first-order valence-electron chi connectivity index (χ1n) is 6.30. The maximum atomic E-state index is 11.4. The zero-order chi connectivity index (χ0) is 13.3. The van der Waals surface area contributed by atoms with Gasteiger partial charge in [-0.2, -0.15) is 0 Å². The Balaban J connectivity index is 2.32. The van der Waals surface area contributed by atoms with Crippen molar-refractivity contribution in [3.8, 4) is 0 Å². The molecule has 4 nitrogen and oxygen atoms in total. The largest absolute Gasteiger partial charge is 0.419 e. The molecule has 1 N–H and O–H groups in total. The van der Waals surface area contributed by atoms with Crippen molar-refractivity contribution in [2.45, 2.75) is 32.8 Å². The average molecular weight is 249 g/mol. The number of aliphatic hydroxyl groups is 1. The fourth-order valence-corrected chi connectivity index (χ4v) is 2.04. The Labute approximate surface area is 106 Å². The molecule has 0 saturated heterocycles. The minimum Gasteiger partial charge on any atom is -0.408 e. The molecule has 18 heavy (non-hydrogen) atoms. The molecule has 0 fully saturated rings. The molecule has 0 radical (unpaired) electrons. The minimum atomic E-state index is -0.505. The second-order valence-electron chi connectivity index (χ2n) is 4.92. The van der Waals surface area contributed by atoms with E-state index in [4.69, 9.17) is 4.42 Å². The molecule has 1 aromatic heterocycles. The van der Waals surface area contributed by atoms with Gasteiger partial charge in [0.15, 0.2) is 5.58 Å². The normalized spacial score (nSPS) is 14.9. The number of aryl methyl sites for hydroxylation is 1. The van der Waals surface area contributed by atoms with Crippen LogP contribution in [-0.4, -0.2) is 9.67 Å². The van der Waals surface area contributed by atoms with E-state index in [9.17, 15) is 9.90 Å². The van der Waals surface area contributed by atoms with Crippen LogP contribution in [0, 0.1) is 5.92 Å². The quantitative estimate of drug-likeness (QED) is 0.906. The Morgan fingerprint density at radius 3 is 2.83 bits per heavy atom. The van der Waals surface area contributed by atoms with Crippen molar-refractivity contribution in [3.05, 3.63) is 34.3 Å². The van der Waals surface area contributed by atoms with Gasteiger partial charge in [0.1, 0.15) is 0 Å². The zero-order valence-electron chi connectivity index (χ0n) is 11.0. The Bertz CT molecular complexity index is 597. The molecule has 1 aromatic carbocycles. The maximum Gasteiger partial charge on any atom is 0.419 e. The summed E-state index contributed by atoms with van der Waals surface area (Å²) in [5.41, 5.74) is 2.08. The summed E-state index contributed by atoms with van der Waals surface area (Å²) in [6.07, 6.45) is 1.26. The van der Waals surface area contributed by atoms with Gasteiger partial charge in [-0.3, -0.25) is 4.57 Å². The molecule has 0 saturated carbocycles. The highest BCUT2D eigenvalue weighted by Crippen LogP contribution is 2.25. The third kappa shape index (κ3) is 2.34. The lowest BCUT2D eigenvalue weighted by Crippen LogP contribution is -2.08. The second kappa shape index (κ2) is 4.98. The van der Waals surface area contributed by atoms with E-state index >= 15 is 0 Å². The fraction of sp³-hybridized carbons (Fsp3) is 0.500. The van der Waals surface area contributed by atoms with Gasteiger partial charge < -0.3 is 9.52 Å². The Hall–Kier alpha value is -1.55. The first kappa shape index (κ1) is 12.9. The van der Waals surface area contributed by atoms with Crippen LogP contribution in [-0.2, 0) is 7.05 Å². The fourth-order valence-electron chi connectivity index (χ4n) is 2.04. The van der Waals surface area contributed by atoms with E-state index < -0.39 is 6.10 Å². The van der Waals surface area contributed by atoms with E-state index in [1.54, 1.807) is 13.1 Å². The van der Waals surface area contributed by atoms with Gasteiger partial charge in [-0.15, -0.1) is 0 Å². The third-order valence-electron chi connectivity index (χ3n) is 3.52. The van der Waals surface area contributed by atoms with E-state index in [-0.39, 0.29) is 5.76 Å². The highest BCUT2D eigenvalue weighted by molar-refractivity contribution is 5.73. The van der Waals surface area contributed by atoms with E-state index in [2.05, 4.69) is 13.8 Å². The Morgan fingerprint density at radius 1 is 1.44 bits per heavy atom. The molecule has 2 unspecified atom stereocenters. The number of nitrogens with zero attached hydrogens (tertiary/aromatic N) is 1. The van der Waals surface area contributed by atoms with Crippen LogP contribution < -0.4 is 5.76 Å². The summed E-state index contributed by atoms with van der Waals surface area (Å²) in [6, 6.07) is 5.42. The number of fused-ring (bicyclic) bond motifs is 1. The molecule has 0 amide bonds. The standard InChI is InChI=1S/C14H19NO3/c1-4-9(2)7-12(16)10-5-6-11-13(8-10)18-14(17)15(11)3/h5-6,8-9,12,16H,4,7H2,1-3H3. The summed E-state index contributed by atoms with van der Waals surface area (Å²) in [7, 11) is 1.67. The van der Waals surface area contributed by atoms with Crippen molar-refractivity contribution in [2.24, 2.45) is 13.0 Å². The molecular formula is C14H19NO3. The van der Waals surface area contributed by atoms with E-state index in [0.29, 0.717) is 11.5 Å². The van der Waals surface area contributed by atoms with Crippen LogP contribution in [0.15, 0.2) is 27.4 Å². The maximum absolute atomic E-state index is 11.4. The first-order valence-corrected chi connectivity index (χ1v) is 6.30. The van der Waals surface area contributed by atoms with Gasteiger partial charge >= 0.3 is 5.76 Å². The number of hydrogen-bond donors (Lipinski definition) is 1. The van der Waals surface area contributed by atoms with Crippen molar-refractivity contribution in [3.63, 3.8) is 0 Å². The van der Waals surface area contributed by atoms with Gasteiger partial charge in [0.2, 0.25) is 0 Å². The third-order valence-corrected chi connectivity index (χ3v) is 3.52. The lowest BCUT2D eigenvalue weighted by atomic mass is 9.96. The summed E-state index contributed by atoms with van der Waals surface area (Å²) in [6.45, 7) is 4.22. The van der Waals surface area contributed by atoms with Crippen molar-refractivity contribution >= 4 is 11.1 Å². The highest BCUT2D eigenvalue weighted by atomic mass is 16.4. The lowest BCUT2D eigenvalue weighted by Gasteiger charge is -2.15. The number of rotatable bonds is 4. The number of benzene rings is 1. The summed E-state index contributed by atoms with van der Waals surface area (Å²) >= 11 is 0. The van der Waals surface area contributed by atoms with Gasteiger partial charge in [-0.1, -0.05) is 26.3 Å². The molecule has 98 valence electrons. The smallest absolute Gasteiger partial charge is 0.408 e. The Kier molecular flexibility index (Phi) is 3.57. The van der Waals surface area contributed by atoms with E-state index in [1.165, 1.54) is 4.57 Å². The highest BCUT2D eigenvalue weighted by Gasteiger charge is 2.14. The predicted octanol–water partition coefficient (Wildman–Crippen LogP) is 2.60. The van der Waals surface area contributed by atoms with E-state index in [0.717, 1.165) is 23.9 Å². The van der Waals surface area contributed by atoms with Crippen LogP contribution in [0.25, 0.3) is 11.1 Å². The molecule has 2 aromatic rings. The minimum absolute atomic E-state index is 0.376. The molecule has 2 rings (SSSR count). The van der Waals surface area contributed by atoms with Crippen LogP contribution in [0.1, 0.15) is 38.4 Å². The lowest BCUT2D eigenvalue weighted by molar-refractivity contribution is 0.146. The number of hydrogen-bond acceptors (Lipinski definition) is 3. The van der Waals surface area contributed by atoms with Crippen LogP contribution in [0.3, 0.4) is 0 Å². The zero-order valence-corrected chi connectivity index (χ0v) is 11.0. The SMILES string of the molecule is CCC(C)CC(O)c1ccc2c(c1)oc(=O)n2C. The molecule has 0 aliphatic heterocycles. The van der Waals surface area contributed by atoms with Crippen molar-refractivity contribution in [2.75, 3.05) is 0 Å². The number of aromatic nitrogens is 1. The van der Waals surface area contributed by atoms with Crippen molar-refractivity contribution < 1.29 is 9.52 Å². The van der Waals surface area contributed by atoms with Crippen molar-refractivity contribution in [1.82, 2.24) is 4.57 Å². The first-order chi connectivity index (χ1) is 8.52. The molecule has 0 bridgehead atoms. The van der Waals surface area contributed by atoms with Gasteiger partial charge in [0.05, 0.1) is 11.6 Å². The molecule has 4 heteroatoms. The topological polar surface area (TPSA) is 55.4 Å². The van der Waals surface area contributed by atoms with Gasteiger partial charge in [-0.05, 0) is 30.0 Å². The summed E-state index contributed by atoms with van der Waals surface area (Å²) in [4.78, 5) is 11.4. The summed E-state index contributed by atoms with van der Waals surface area (Å²) in [5.74, 6) is 0.0945. The molecule has 1 heterocycles. The molecule has 2 atom stereocenters. The summed E-state index contributed by atoms with van der Waals surface area (Å²) in [5, 5.41) is 10.1. The number of oxazole rings is 1. The van der Waals surface area contributed by atoms with Crippen LogP contribution >= 0.6 is 0 Å². The number of aliphatic hydroxyl groups excluding tert-OH is 1. The molecule has 0 aliphatic carbocycles. The van der Waals surface area contributed by atoms with Crippen LogP contribution in [0.5, 0.6) is 0 Å². The van der Waals surface area contributed by atoms with Crippen LogP contribution in [0.4, 0.5) is 0 Å². The molecule has 0 spiro atoms. The van der Waals surface area contributed by atoms with Crippen LogP contribution in [0.2, 0.25) is 0 Å². The van der Waals surface area contributed by atoms with Crippen molar-refractivity contribution in [1.29, 1.82) is 0 Å². The second-order valence-corrected chi connectivity index (χ2v) is 4.92. The van der Waals surface area contributed by atoms with Gasteiger partial charge in [0.25, 0.3) is 0 Å². The predicted molar refractivity (Wildman–Crippen MR) is 70.5 cm³/mol. The van der Waals surface area contributed by atoms with Gasteiger partial charge in [0, 0.05) is 7.05 Å². The average Bonchev–Trinajstić information content (AvgIpc) is 2.64.